The van der Waals surface area contributed by atoms with Crippen molar-refractivity contribution in [2.24, 2.45) is 11.8 Å². The van der Waals surface area contributed by atoms with E-state index < -0.39 is 48.5 Å². The number of nitrogens with zero attached hydrogens (tertiary/aromatic N) is 8. The van der Waals surface area contributed by atoms with Gasteiger partial charge in [-0.05, 0) is 111 Å². The number of benzene rings is 4. The lowest BCUT2D eigenvalue weighted by atomic mass is 10.1. The van der Waals surface area contributed by atoms with Crippen molar-refractivity contribution in [3.63, 3.8) is 0 Å². The molecule has 0 spiro atoms. The van der Waals surface area contributed by atoms with Gasteiger partial charge in [0, 0.05) is 48.4 Å². The van der Waals surface area contributed by atoms with Gasteiger partial charge in [0.25, 0.3) is 12.9 Å². The minimum Gasteiger partial charge on any atom is -0.382 e. The molecule has 0 aliphatic heterocycles. The van der Waals surface area contributed by atoms with Gasteiger partial charge in [0.1, 0.15) is 29.1 Å². The average molecular weight is 993 g/mol. The summed E-state index contributed by atoms with van der Waals surface area (Å²) < 4.78 is 98.9. The number of hydrogen-bond acceptors (Lipinski definition) is 8. The molecular formula is C54H54F6N8O4. The van der Waals surface area contributed by atoms with Gasteiger partial charge in [-0.1, -0.05) is 60.7 Å². The Morgan fingerprint density at radius 1 is 0.653 bits per heavy atom. The van der Waals surface area contributed by atoms with Crippen molar-refractivity contribution in [1.29, 1.82) is 0 Å². The van der Waals surface area contributed by atoms with Crippen LogP contribution in [0.1, 0.15) is 126 Å². The fraction of sp³-hybridized carbons (Fsp3) is 0.315. The van der Waals surface area contributed by atoms with Crippen LogP contribution < -0.4 is 0 Å². The maximum absolute atomic E-state index is 14.3. The van der Waals surface area contributed by atoms with E-state index in [0.29, 0.717) is 46.2 Å². The van der Waals surface area contributed by atoms with Crippen LogP contribution in [0, 0.1) is 23.5 Å². The average Bonchev–Trinajstić information content (AvgIpc) is 4.07. The zero-order valence-corrected chi connectivity index (χ0v) is 39.6. The second kappa shape index (κ2) is 23.8. The number of aliphatic hydroxyl groups excluding tert-OH is 1. The number of aldehydes is 1. The van der Waals surface area contributed by atoms with Crippen LogP contribution in [-0.2, 0) is 35.8 Å². The molecule has 1 N–H and O–H groups in total. The summed E-state index contributed by atoms with van der Waals surface area (Å²) in [5.41, 5.74) is 4.23. The highest BCUT2D eigenvalue weighted by molar-refractivity contribution is 5.73. The Hall–Kier alpha value is -7.15. The fourth-order valence-electron chi connectivity index (χ4n) is 7.83. The van der Waals surface area contributed by atoms with Crippen LogP contribution in [0.5, 0.6) is 0 Å². The molecule has 0 saturated heterocycles. The molecule has 3 atom stereocenters. The molecule has 8 aromatic rings. The number of halogens is 6. The molecule has 0 radical (unpaired) electrons. The minimum atomic E-state index is -2.84. The summed E-state index contributed by atoms with van der Waals surface area (Å²) in [5, 5.41) is 27.5. The quantitative estimate of drug-likeness (QED) is 0.0627. The third-order valence-electron chi connectivity index (χ3n) is 12.2. The van der Waals surface area contributed by atoms with E-state index in [1.165, 1.54) is 83.1 Å². The maximum atomic E-state index is 14.3. The Labute approximate surface area is 412 Å². The highest BCUT2D eigenvalue weighted by Crippen LogP contribution is 2.35. The zero-order chi connectivity index (χ0) is 50.7. The summed E-state index contributed by atoms with van der Waals surface area (Å²) in [5.74, 6) is 0.489. The molecule has 2 saturated carbocycles. The molecule has 4 heterocycles. The van der Waals surface area contributed by atoms with E-state index in [0.717, 1.165) is 49.3 Å². The topological polar surface area (TPSA) is 127 Å². The smallest absolute Gasteiger partial charge is 0.282 e. The number of ether oxygens (including phenoxy) is 2. The zero-order valence-electron chi connectivity index (χ0n) is 39.6. The maximum Gasteiger partial charge on any atom is 0.282 e. The normalized spacial score (nSPS) is 14.6. The summed E-state index contributed by atoms with van der Waals surface area (Å²) >= 11 is 0. The lowest BCUT2D eigenvalue weighted by molar-refractivity contribution is 0.0521. The molecule has 4 aromatic carbocycles. The van der Waals surface area contributed by atoms with E-state index in [1.807, 2.05) is 65.3 Å². The number of aliphatic hydroxyl groups is 1. The second-order valence-electron chi connectivity index (χ2n) is 17.9. The monoisotopic (exact) mass is 992 g/mol. The lowest BCUT2D eigenvalue weighted by Gasteiger charge is -2.20. The summed E-state index contributed by atoms with van der Waals surface area (Å²) in [6, 6.07) is 29.7. The van der Waals surface area contributed by atoms with Crippen molar-refractivity contribution in [3.05, 3.63) is 202 Å². The largest absolute Gasteiger partial charge is 0.382 e. The molecule has 2 aliphatic rings. The van der Waals surface area contributed by atoms with Gasteiger partial charge >= 0.3 is 0 Å². The van der Waals surface area contributed by atoms with Crippen LogP contribution in [0.2, 0.25) is 0 Å². The first-order chi connectivity index (χ1) is 34.8. The van der Waals surface area contributed by atoms with Crippen molar-refractivity contribution < 1.29 is 45.7 Å². The second-order valence-corrected chi connectivity index (χ2v) is 17.9. The molecule has 376 valence electrons. The summed E-state index contributed by atoms with van der Waals surface area (Å²) in [4.78, 5) is 10.3. The molecule has 0 amide bonds. The van der Waals surface area contributed by atoms with Crippen molar-refractivity contribution >= 4 is 6.29 Å². The van der Waals surface area contributed by atoms with E-state index in [1.54, 1.807) is 37.1 Å². The van der Waals surface area contributed by atoms with Gasteiger partial charge in [-0.3, -0.25) is 14.2 Å². The van der Waals surface area contributed by atoms with Gasteiger partial charge in [0.2, 0.25) is 0 Å². The van der Waals surface area contributed by atoms with Crippen LogP contribution in [0.25, 0.3) is 11.4 Å². The lowest BCUT2D eigenvalue weighted by Crippen LogP contribution is -2.13. The van der Waals surface area contributed by atoms with Gasteiger partial charge in [-0.2, -0.15) is 20.4 Å². The standard InChI is InChI=1S/C27H27F3N4O2.C19H17F3N2O.C8H10N2O/c1-17(36-16-19-5-3-2-4-6-19)22-11-21(28)9-10-24(22)34-25(12-23(32-34)27(29)30)26(35)20-13-31-33(15-20)14-18-7-8-18;1-13(25-12-14-5-3-2-4-6-14)16-11-15(20)7-8-18(16)24-10-9-17(23-24)19(21)22;11-6-8-3-9-10(5-8)4-7-1-2-7/h2-6,9-13,15,17-18,26-27,35H,7-8,14,16H2,1H3;2-11,13,19H,12H2,1H3;3,5-7H,1-2,4H2/t17-,26?;13-;/m11./s1. The third kappa shape index (κ3) is 13.8. The van der Waals surface area contributed by atoms with Crippen LogP contribution in [0.3, 0.4) is 0 Å². The van der Waals surface area contributed by atoms with E-state index in [-0.39, 0.29) is 18.0 Å². The predicted octanol–water partition coefficient (Wildman–Crippen LogP) is 12.2. The van der Waals surface area contributed by atoms with Gasteiger partial charge in [-0.25, -0.2) is 35.7 Å². The molecule has 2 fully saturated rings. The number of carbonyl (C=O) groups is 1. The van der Waals surface area contributed by atoms with Crippen molar-refractivity contribution in [1.82, 2.24) is 39.1 Å². The highest BCUT2D eigenvalue weighted by Gasteiger charge is 2.28. The minimum absolute atomic E-state index is 0.138. The SMILES string of the molecule is C[C@@H](OCc1ccccc1)c1cc(F)ccc1-n1ccc(C(F)F)n1.C[C@@H](OCc1ccccc1)c1cc(F)ccc1-n1nc(C(F)F)cc1C(O)c1cnn(CC2CC2)c1.O=Cc1cnn(CC2CC2)c1. The summed E-state index contributed by atoms with van der Waals surface area (Å²) in [7, 11) is 0. The van der Waals surface area contributed by atoms with E-state index in [9.17, 15) is 36.2 Å². The first kappa shape index (κ1) is 51.2. The molecule has 10 rings (SSSR count). The Bertz CT molecular complexity index is 2990. The molecule has 2 aliphatic carbocycles. The predicted molar refractivity (Wildman–Crippen MR) is 256 cm³/mol. The van der Waals surface area contributed by atoms with Crippen LogP contribution >= 0.6 is 0 Å². The first-order valence-corrected chi connectivity index (χ1v) is 23.6. The fourth-order valence-corrected chi connectivity index (χ4v) is 7.83. The Balaban J connectivity index is 0.000000165. The Kier molecular flexibility index (Phi) is 17.0. The molecule has 72 heavy (non-hydrogen) atoms. The number of rotatable bonds is 19. The van der Waals surface area contributed by atoms with E-state index in [4.69, 9.17) is 9.47 Å². The number of alkyl halides is 4. The molecule has 1 unspecified atom stereocenters. The van der Waals surface area contributed by atoms with Crippen LogP contribution in [0.15, 0.2) is 140 Å². The van der Waals surface area contributed by atoms with Gasteiger partial charge in [0.15, 0.2) is 6.29 Å². The van der Waals surface area contributed by atoms with Gasteiger partial charge < -0.3 is 14.6 Å². The molecular weight excluding hydrogens is 939 g/mol. The molecule has 4 aromatic heterocycles. The Morgan fingerprint density at radius 2 is 1.18 bits per heavy atom. The highest BCUT2D eigenvalue weighted by atomic mass is 19.3. The third-order valence-corrected chi connectivity index (χ3v) is 12.2. The van der Waals surface area contributed by atoms with Crippen molar-refractivity contribution in [2.45, 2.75) is 97.0 Å². The molecule has 12 nitrogen and oxygen atoms in total. The van der Waals surface area contributed by atoms with Crippen molar-refractivity contribution in [2.75, 3.05) is 0 Å². The van der Waals surface area contributed by atoms with Crippen molar-refractivity contribution in [3.8, 4) is 11.4 Å². The summed E-state index contributed by atoms with van der Waals surface area (Å²) in [6.07, 6.45) is 6.08. The van der Waals surface area contributed by atoms with Gasteiger partial charge in [-0.15, -0.1) is 0 Å². The molecule has 0 bridgehead atoms. The van der Waals surface area contributed by atoms with E-state index >= 15 is 0 Å². The number of aromatic nitrogens is 8. The van der Waals surface area contributed by atoms with Crippen LogP contribution in [-0.4, -0.2) is 50.5 Å². The summed E-state index contributed by atoms with van der Waals surface area (Å²) in [6.45, 7) is 5.93. The number of carbonyl (C=O) groups excluding carboxylic acids is 1. The first-order valence-electron chi connectivity index (χ1n) is 23.6. The van der Waals surface area contributed by atoms with E-state index in [2.05, 4.69) is 20.4 Å². The van der Waals surface area contributed by atoms with Crippen LogP contribution in [0.4, 0.5) is 26.3 Å². The number of hydrogen-bond donors (Lipinski definition) is 1. The Morgan fingerprint density at radius 3 is 1.69 bits per heavy atom. The molecule has 18 heteroatoms. The van der Waals surface area contributed by atoms with Gasteiger partial charge in [0.05, 0.1) is 60.4 Å².